The maximum Gasteiger partial charge on any atom is -0.0264 e. The highest BCUT2D eigenvalue weighted by Crippen LogP contribution is 2.58. The lowest BCUT2D eigenvalue weighted by molar-refractivity contribution is 0.0880. The lowest BCUT2D eigenvalue weighted by Gasteiger charge is -2.40. The molecule has 0 aromatic carbocycles. The van der Waals surface area contributed by atoms with Crippen LogP contribution in [0.1, 0.15) is 66.2 Å². The minimum absolute atomic E-state index is 0.685. The van der Waals surface area contributed by atoms with Crippen molar-refractivity contribution in [3.63, 3.8) is 0 Å². The van der Waals surface area contributed by atoms with Crippen LogP contribution in [-0.4, -0.2) is 0 Å². The van der Waals surface area contributed by atoms with Gasteiger partial charge in [0, 0.05) is 0 Å². The lowest BCUT2D eigenvalue weighted by atomic mass is 9.65. The molecule has 0 aliphatic heterocycles. The second-order valence-corrected chi connectivity index (χ2v) is 6.76. The molecule has 0 nitrogen and oxygen atoms in total. The van der Waals surface area contributed by atoms with E-state index < -0.39 is 0 Å². The Morgan fingerprint density at radius 2 is 1.80 bits per heavy atom. The summed E-state index contributed by atoms with van der Waals surface area (Å²) in [6.07, 6.45) is 8.98. The van der Waals surface area contributed by atoms with Gasteiger partial charge in [-0.25, -0.2) is 0 Å². The van der Waals surface area contributed by atoms with Gasteiger partial charge in [-0.15, -0.1) is 0 Å². The molecule has 2 rings (SSSR count). The van der Waals surface area contributed by atoms with Crippen molar-refractivity contribution in [3.8, 4) is 0 Å². The van der Waals surface area contributed by atoms with Gasteiger partial charge in [-0.2, -0.15) is 0 Å². The summed E-state index contributed by atoms with van der Waals surface area (Å²) in [5.74, 6) is 3.92. The van der Waals surface area contributed by atoms with Crippen LogP contribution in [-0.2, 0) is 0 Å². The van der Waals surface area contributed by atoms with Crippen molar-refractivity contribution in [1.29, 1.82) is 0 Å². The zero-order valence-electron chi connectivity index (χ0n) is 11.1. The van der Waals surface area contributed by atoms with Crippen LogP contribution < -0.4 is 0 Å². The van der Waals surface area contributed by atoms with E-state index in [1.54, 1.807) is 0 Å². The third-order valence-corrected chi connectivity index (χ3v) is 5.60. The van der Waals surface area contributed by atoms with E-state index >= 15 is 0 Å². The lowest BCUT2D eigenvalue weighted by Crippen LogP contribution is -2.33. The van der Waals surface area contributed by atoms with Crippen LogP contribution in [0.15, 0.2) is 0 Å². The van der Waals surface area contributed by atoms with Crippen molar-refractivity contribution in [2.24, 2.45) is 29.1 Å². The number of hydrogen-bond acceptors (Lipinski definition) is 0. The van der Waals surface area contributed by atoms with Crippen LogP contribution in [0.3, 0.4) is 0 Å². The first kappa shape index (κ1) is 11.5. The molecule has 2 saturated carbocycles. The molecular formula is C15H28. The van der Waals surface area contributed by atoms with E-state index in [1.165, 1.54) is 38.5 Å². The second-order valence-electron chi connectivity index (χ2n) is 6.76. The van der Waals surface area contributed by atoms with Crippen molar-refractivity contribution in [1.82, 2.24) is 0 Å². The SMILES string of the molecule is CC(C)C1CCC2[C@@H](C)CCCC[C@]12C. The number of fused-ring (bicyclic) bond motifs is 1. The average Bonchev–Trinajstić information content (AvgIpc) is 2.44. The van der Waals surface area contributed by atoms with Gasteiger partial charge < -0.3 is 0 Å². The Morgan fingerprint density at radius 3 is 2.47 bits per heavy atom. The van der Waals surface area contributed by atoms with Crippen molar-refractivity contribution in [2.75, 3.05) is 0 Å². The zero-order chi connectivity index (χ0) is 11.1. The molecule has 2 fully saturated rings. The Labute approximate surface area is 95.8 Å². The Morgan fingerprint density at radius 1 is 1.07 bits per heavy atom. The highest BCUT2D eigenvalue weighted by Gasteiger charge is 2.49. The number of hydrogen-bond donors (Lipinski definition) is 0. The van der Waals surface area contributed by atoms with Crippen molar-refractivity contribution in [3.05, 3.63) is 0 Å². The standard InChI is InChI=1S/C15H28/c1-11(2)13-8-9-14-12(3)7-5-6-10-15(13,14)4/h11-14H,5-10H2,1-4H3/t12-,13?,14?,15+/m0/s1. The summed E-state index contributed by atoms with van der Waals surface area (Å²) in [5.41, 5.74) is 0.685. The third-order valence-electron chi connectivity index (χ3n) is 5.60. The van der Waals surface area contributed by atoms with Gasteiger partial charge in [0.1, 0.15) is 0 Å². The normalized spacial score (nSPS) is 46.6. The molecule has 88 valence electrons. The smallest absolute Gasteiger partial charge is 0.0264 e. The molecule has 4 atom stereocenters. The first-order chi connectivity index (χ1) is 7.05. The molecular weight excluding hydrogens is 180 g/mol. The molecule has 0 heteroatoms. The fourth-order valence-corrected chi connectivity index (χ4v) is 4.87. The van der Waals surface area contributed by atoms with Gasteiger partial charge in [-0.1, -0.05) is 47.0 Å². The predicted molar refractivity (Wildman–Crippen MR) is 66.8 cm³/mol. The predicted octanol–water partition coefficient (Wildman–Crippen LogP) is 4.89. The summed E-state index contributed by atoms with van der Waals surface area (Å²) in [4.78, 5) is 0. The Hall–Kier alpha value is 0. The van der Waals surface area contributed by atoms with Crippen LogP contribution in [0.2, 0.25) is 0 Å². The monoisotopic (exact) mass is 208 g/mol. The average molecular weight is 208 g/mol. The summed E-state index contributed by atoms with van der Waals surface area (Å²) < 4.78 is 0. The first-order valence-electron chi connectivity index (χ1n) is 7.05. The molecule has 2 aliphatic rings. The highest BCUT2D eigenvalue weighted by molar-refractivity contribution is 4.98. The van der Waals surface area contributed by atoms with Gasteiger partial charge in [-0.3, -0.25) is 0 Å². The van der Waals surface area contributed by atoms with Gasteiger partial charge in [0.15, 0.2) is 0 Å². The van der Waals surface area contributed by atoms with Crippen LogP contribution in [0.5, 0.6) is 0 Å². The summed E-state index contributed by atoms with van der Waals surface area (Å²) >= 11 is 0. The summed E-state index contributed by atoms with van der Waals surface area (Å²) in [7, 11) is 0. The topological polar surface area (TPSA) is 0 Å². The van der Waals surface area contributed by atoms with Gasteiger partial charge in [0.05, 0.1) is 0 Å². The maximum atomic E-state index is 2.61. The van der Waals surface area contributed by atoms with E-state index in [-0.39, 0.29) is 0 Å². The summed E-state index contributed by atoms with van der Waals surface area (Å²) in [6, 6.07) is 0. The van der Waals surface area contributed by atoms with E-state index in [4.69, 9.17) is 0 Å². The van der Waals surface area contributed by atoms with Crippen LogP contribution >= 0.6 is 0 Å². The zero-order valence-corrected chi connectivity index (χ0v) is 11.1. The molecule has 0 radical (unpaired) electrons. The molecule has 0 N–H and O–H groups in total. The molecule has 0 amide bonds. The molecule has 2 unspecified atom stereocenters. The second kappa shape index (κ2) is 4.11. The Bertz CT molecular complexity index is 218. The van der Waals surface area contributed by atoms with Gasteiger partial charge in [-0.05, 0) is 48.3 Å². The quantitative estimate of drug-likeness (QED) is 0.576. The van der Waals surface area contributed by atoms with E-state index in [0.717, 1.165) is 23.7 Å². The first-order valence-corrected chi connectivity index (χ1v) is 7.05. The van der Waals surface area contributed by atoms with Gasteiger partial charge in [0.25, 0.3) is 0 Å². The largest absolute Gasteiger partial charge is 0.0625 e. The molecule has 0 aromatic rings. The van der Waals surface area contributed by atoms with E-state index in [1.807, 2.05) is 0 Å². The number of rotatable bonds is 1. The Balaban J connectivity index is 2.22. The van der Waals surface area contributed by atoms with Crippen LogP contribution in [0, 0.1) is 29.1 Å². The molecule has 0 saturated heterocycles. The summed E-state index contributed by atoms with van der Waals surface area (Å²) in [5, 5.41) is 0. The minimum atomic E-state index is 0.685. The molecule has 0 aromatic heterocycles. The molecule has 0 spiro atoms. The van der Waals surface area contributed by atoms with Crippen LogP contribution in [0.4, 0.5) is 0 Å². The minimum Gasteiger partial charge on any atom is -0.0625 e. The Kier molecular flexibility index (Phi) is 3.14. The summed E-state index contributed by atoms with van der Waals surface area (Å²) in [6.45, 7) is 10.00. The fraction of sp³-hybridized carbons (Fsp3) is 1.00. The maximum absolute atomic E-state index is 2.61. The van der Waals surface area contributed by atoms with E-state index in [0.29, 0.717) is 5.41 Å². The fourth-order valence-electron chi connectivity index (χ4n) is 4.87. The van der Waals surface area contributed by atoms with Gasteiger partial charge in [0.2, 0.25) is 0 Å². The molecule has 0 heterocycles. The molecule has 0 bridgehead atoms. The van der Waals surface area contributed by atoms with Crippen molar-refractivity contribution in [2.45, 2.75) is 66.2 Å². The van der Waals surface area contributed by atoms with E-state index in [9.17, 15) is 0 Å². The van der Waals surface area contributed by atoms with Crippen LogP contribution in [0.25, 0.3) is 0 Å². The van der Waals surface area contributed by atoms with E-state index in [2.05, 4.69) is 27.7 Å². The molecule has 2 aliphatic carbocycles. The van der Waals surface area contributed by atoms with Crippen molar-refractivity contribution < 1.29 is 0 Å². The van der Waals surface area contributed by atoms with Gasteiger partial charge >= 0.3 is 0 Å². The third kappa shape index (κ3) is 1.85. The molecule has 15 heavy (non-hydrogen) atoms. The van der Waals surface area contributed by atoms with Crippen molar-refractivity contribution >= 4 is 0 Å². The highest BCUT2D eigenvalue weighted by atomic mass is 14.5.